The van der Waals surface area contributed by atoms with E-state index in [0.29, 0.717) is 33.3 Å². The maximum atomic E-state index is 14.0. The molecular weight excluding hydrogens is 516 g/mol. The van der Waals surface area contributed by atoms with E-state index >= 15 is 0 Å². The topological polar surface area (TPSA) is 147 Å². The van der Waals surface area contributed by atoms with Crippen LogP contribution >= 0.6 is 11.6 Å². The van der Waals surface area contributed by atoms with Crippen molar-refractivity contribution in [1.29, 1.82) is 0 Å². The third kappa shape index (κ3) is 5.45. The number of halogens is 1. The molecule has 2 atom stereocenters. The van der Waals surface area contributed by atoms with Gasteiger partial charge in [0.05, 0.1) is 14.2 Å². The van der Waals surface area contributed by atoms with Crippen LogP contribution in [0.1, 0.15) is 47.5 Å². The lowest BCUT2D eigenvalue weighted by Gasteiger charge is -2.32. The lowest BCUT2D eigenvalue weighted by Crippen LogP contribution is -2.46. The Kier molecular flexibility index (Phi) is 7.91. The number of hydrogen-bond acceptors (Lipinski definition) is 8. The van der Waals surface area contributed by atoms with Crippen molar-refractivity contribution in [2.45, 2.75) is 32.5 Å². The minimum atomic E-state index is -1.30. The molecule has 202 valence electrons. The predicted molar refractivity (Wildman–Crippen MR) is 138 cm³/mol. The van der Waals surface area contributed by atoms with Gasteiger partial charge in [-0.15, -0.1) is 5.10 Å². The number of rotatable bonds is 9. The summed E-state index contributed by atoms with van der Waals surface area (Å²) in [6.45, 7) is 3.70. The molecule has 1 aliphatic heterocycles. The highest BCUT2D eigenvalue weighted by Gasteiger charge is 2.40. The molecule has 2 aromatic carbocycles. The largest absolute Gasteiger partial charge is 0.493 e. The third-order valence-electron chi connectivity index (χ3n) is 6.24. The number of carbonyl (C=O) groups excluding carboxylic acids is 1. The Bertz CT molecular complexity index is 1340. The molecule has 11 nitrogen and oxygen atoms in total. The summed E-state index contributed by atoms with van der Waals surface area (Å²) in [5, 5.41) is 25.9. The second-order valence-electron chi connectivity index (χ2n) is 9.65. The number of para-hydroxylation sites is 1. The number of ether oxygens (including phenoxy) is 3. The number of methoxy groups -OCH3 is 2. The number of aromatic amines is 1. The maximum Gasteiger partial charge on any atom is 0.375 e. The standard InChI is InChI=1S/C26H29ClN4O7/c1-26(2,13-32)12-31-17-9-8-14(27)10-16(17)21(15-6-5-7-18(36-3)22(15)37-4)38-19(24(31)33)11-20-28-23(25(34)35)30-29-20/h5-10,19,21,32H,11-13H2,1-4H3,(H,34,35)(H,28,29,30)/t19-,21-/m1/s1. The number of anilines is 1. The molecule has 0 saturated heterocycles. The molecule has 0 radical (unpaired) electrons. The van der Waals surface area contributed by atoms with Gasteiger partial charge in [-0.1, -0.05) is 37.6 Å². The molecule has 3 N–H and O–H groups in total. The lowest BCUT2D eigenvalue weighted by atomic mass is 9.92. The number of fused-ring (bicyclic) bond motifs is 1. The van der Waals surface area contributed by atoms with Crippen LogP contribution in [-0.2, 0) is 16.0 Å². The van der Waals surface area contributed by atoms with E-state index in [1.807, 2.05) is 19.9 Å². The number of aromatic carboxylic acids is 1. The highest BCUT2D eigenvalue weighted by atomic mass is 35.5. The van der Waals surface area contributed by atoms with Crippen molar-refractivity contribution in [3.63, 3.8) is 0 Å². The average molecular weight is 545 g/mol. The second kappa shape index (κ2) is 11.0. The number of aliphatic hydroxyl groups is 1. The molecule has 2 heterocycles. The maximum absolute atomic E-state index is 14.0. The monoisotopic (exact) mass is 544 g/mol. The van der Waals surface area contributed by atoms with Gasteiger partial charge >= 0.3 is 5.97 Å². The van der Waals surface area contributed by atoms with Crippen molar-refractivity contribution in [2.24, 2.45) is 5.41 Å². The van der Waals surface area contributed by atoms with Gasteiger partial charge in [0.15, 0.2) is 11.5 Å². The number of carboxylic acid groups (broad SMARTS) is 1. The van der Waals surface area contributed by atoms with Crippen molar-refractivity contribution in [3.05, 3.63) is 64.2 Å². The summed E-state index contributed by atoms with van der Waals surface area (Å²) < 4.78 is 17.7. The van der Waals surface area contributed by atoms with Gasteiger partial charge < -0.3 is 29.3 Å². The van der Waals surface area contributed by atoms with E-state index in [2.05, 4.69) is 15.2 Å². The van der Waals surface area contributed by atoms with Crippen molar-refractivity contribution in [2.75, 3.05) is 32.3 Å². The fraction of sp³-hybridized carbons (Fsp3) is 0.385. The molecule has 1 aliphatic rings. The number of aliphatic hydroxyl groups excluding tert-OH is 1. The van der Waals surface area contributed by atoms with E-state index in [4.69, 9.17) is 25.8 Å². The van der Waals surface area contributed by atoms with Crippen LogP contribution in [0.15, 0.2) is 36.4 Å². The smallest absolute Gasteiger partial charge is 0.375 e. The van der Waals surface area contributed by atoms with Crippen LogP contribution in [0.5, 0.6) is 11.5 Å². The summed E-state index contributed by atoms with van der Waals surface area (Å²) in [6, 6.07) is 10.5. The number of amides is 1. The minimum Gasteiger partial charge on any atom is -0.493 e. The molecule has 0 bridgehead atoms. The Morgan fingerprint density at radius 1 is 1.21 bits per heavy atom. The summed E-state index contributed by atoms with van der Waals surface area (Å²) in [5.74, 6) is -1.04. The van der Waals surface area contributed by atoms with Crippen molar-refractivity contribution in [1.82, 2.24) is 15.2 Å². The van der Waals surface area contributed by atoms with Crippen molar-refractivity contribution < 1.29 is 34.0 Å². The SMILES string of the molecule is COc1cccc([C@H]2O[C@H](Cc3nc(C(=O)O)n[nH]3)C(=O)N(CC(C)(C)CO)c3ccc(Cl)cc32)c1OC. The highest BCUT2D eigenvalue weighted by Crippen LogP contribution is 2.45. The first-order valence-corrected chi connectivity index (χ1v) is 12.2. The summed E-state index contributed by atoms with van der Waals surface area (Å²) in [5.41, 5.74) is 1.12. The molecule has 0 spiro atoms. The molecule has 4 rings (SSSR count). The van der Waals surface area contributed by atoms with Crippen molar-refractivity contribution in [3.8, 4) is 11.5 Å². The molecule has 3 aromatic rings. The van der Waals surface area contributed by atoms with E-state index in [1.165, 1.54) is 14.2 Å². The summed E-state index contributed by atoms with van der Waals surface area (Å²) in [7, 11) is 3.03. The molecular formula is C26H29ClN4O7. The second-order valence-corrected chi connectivity index (χ2v) is 10.1. The molecule has 38 heavy (non-hydrogen) atoms. The van der Waals surface area contributed by atoms with Gasteiger partial charge in [0, 0.05) is 46.8 Å². The fourth-order valence-corrected chi connectivity index (χ4v) is 4.54. The highest BCUT2D eigenvalue weighted by molar-refractivity contribution is 6.30. The van der Waals surface area contributed by atoms with Crippen LogP contribution < -0.4 is 14.4 Å². The molecule has 0 saturated carbocycles. The Labute approximate surface area is 224 Å². The molecule has 0 fully saturated rings. The van der Waals surface area contributed by atoms with Crippen LogP contribution in [0.4, 0.5) is 5.69 Å². The Balaban J connectivity index is 1.90. The normalized spacial score (nSPS) is 17.6. The van der Waals surface area contributed by atoms with E-state index in [0.717, 1.165) is 0 Å². The first-order valence-electron chi connectivity index (χ1n) is 11.8. The zero-order valence-corrected chi connectivity index (χ0v) is 22.2. The van der Waals surface area contributed by atoms with Gasteiger partial charge in [-0.2, -0.15) is 0 Å². The lowest BCUT2D eigenvalue weighted by molar-refractivity contribution is -0.132. The first kappa shape index (κ1) is 27.4. The van der Waals surface area contributed by atoms with E-state index in [-0.39, 0.29) is 25.4 Å². The van der Waals surface area contributed by atoms with E-state index in [9.17, 15) is 19.8 Å². The number of nitrogens with one attached hydrogen (secondary N) is 1. The summed E-state index contributed by atoms with van der Waals surface area (Å²) in [6.07, 6.45) is -2.02. The number of carbonyl (C=O) groups is 2. The minimum absolute atomic E-state index is 0.0837. The van der Waals surface area contributed by atoms with E-state index < -0.39 is 35.3 Å². The number of aromatic nitrogens is 3. The van der Waals surface area contributed by atoms with Crippen LogP contribution in [0.25, 0.3) is 0 Å². The number of benzene rings is 2. The predicted octanol–water partition coefficient (Wildman–Crippen LogP) is 3.26. The Morgan fingerprint density at radius 2 is 1.97 bits per heavy atom. The van der Waals surface area contributed by atoms with Gasteiger partial charge in [-0.3, -0.25) is 9.89 Å². The van der Waals surface area contributed by atoms with Gasteiger partial charge in [0.25, 0.3) is 11.7 Å². The van der Waals surface area contributed by atoms with Gasteiger partial charge in [0.1, 0.15) is 18.0 Å². The fourth-order valence-electron chi connectivity index (χ4n) is 4.36. The third-order valence-corrected chi connectivity index (χ3v) is 6.47. The molecule has 12 heteroatoms. The molecule has 0 aliphatic carbocycles. The number of hydrogen-bond donors (Lipinski definition) is 3. The first-order chi connectivity index (χ1) is 18.1. The summed E-state index contributed by atoms with van der Waals surface area (Å²) in [4.78, 5) is 30.9. The number of carboxylic acids is 1. The van der Waals surface area contributed by atoms with Crippen LogP contribution in [0.3, 0.4) is 0 Å². The zero-order chi connectivity index (χ0) is 27.6. The van der Waals surface area contributed by atoms with Crippen LogP contribution in [0.2, 0.25) is 5.02 Å². The van der Waals surface area contributed by atoms with E-state index in [1.54, 1.807) is 35.2 Å². The van der Waals surface area contributed by atoms with Crippen molar-refractivity contribution >= 4 is 29.2 Å². The average Bonchev–Trinajstić information content (AvgIpc) is 3.34. The van der Waals surface area contributed by atoms with Gasteiger partial charge in [-0.25, -0.2) is 9.78 Å². The molecule has 0 unspecified atom stereocenters. The molecule has 1 aromatic heterocycles. The number of H-pyrrole nitrogens is 1. The van der Waals surface area contributed by atoms with Crippen LogP contribution in [-0.4, -0.2) is 70.7 Å². The molecule has 1 amide bonds. The van der Waals surface area contributed by atoms with Crippen LogP contribution in [0, 0.1) is 5.41 Å². The number of nitrogens with zero attached hydrogens (tertiary/aromatic N) is 3. The van der Waals surface area contributed by atoms with Gasteiger partial charge in [-0.05, 0) is 24.3 Å². The quantitative estimate of drug-likeness (QED) is 0.369. The Morgan fingerprint density at radius 3 is 2.61 bits per heavy atom. The van der Waals surface area contributed by atoms with Gasteiger partial charge in [0.2, 0.25) is 0 Å². The summed E-state index contributed by atoms with van der Waals surface area (Å²) >= 11 is 6.42. The Hall–Kier alpha value is -3.67. The zero-order valence-electron chi connectivity index (χ0n) is 21.4.